The monoisotopic (exact) mass is 554 g/mol. The predicted molar refractivity (Wildman–Crippen MR) is 128 cm³/mol. The molecule has 0 unspecified atom stereocenters. The van der Waals surface area contributed by atoms with Gasteiger partial charge in [0.15, 0.2) is 0 Å². The van der Waals surface area contributed by atoms with Gasteiger partial charge in [-0.3, -0.25) is 19.0 Å². The number of aromatic nitrogens is 2. The number of amides is 1. The van der Waals surface area contributed by atoms with Gasteiger partial charge in [-0.2, -0.15) is 26.3 Å². The molecule has 8 nitrogen and oxygen atoms in total. The van der Waals surface area contributed by atoms with Crippen molar-refractivity contribution in [3.05, 3.63) is 41.2 Å². The second-order valence-electron chi connectivity index (χ2n) is 9.48. The standard InChI is InChI=1S/C22H28F6N6O2S/c1-14-16(22(26,27)28)12-31-19(34-8-4-7-33(9-10-34)13-21(23,24)25)18(14)20(35)32-15-5-6-30-17(11-15)37(2,3,29)36/h5-6,11-12H,4,7-10,13H2,1-3H3,(H2,29,36)(H,30,32,35). The van der Waals surface area contributed by atoms with Gasteiger partial charge in [-0.25, -0.2) is 9.97 Å². The first kappa shape index (κ1) is 28.8. The summed E-state index contributed by atoms with van der Waals surface area (Å²) >= 11 is 0. The minimum absolute atomic E-state index is 0.00816. The van der Waals surface area contributed by atoms with Gasteiger partial charge in [-0.05, 0) is 40.3 Å². The molecule has 0 spiro atoms. The maximum absolute atomic E-state index is 13.6. The summed E-state index contributed by atoms with van der Waals surface area (Å²) in [5.41, 5.74) is -1.76. The van der Waals surface area contributed by atoms with Crippen molar-refractivity contribution in [1.29, 1.82) is 0 Å². The van der Waals surface area contributed by atoms with E-state index in [1.165, 1.54) is 40.6 Å². The first-order valence-corrected chi connectivity index (χ1v) is 14.0. The predicted octanol–water partition coefficient (Wildman–Crippen LogP) is 3.44. The summed E-state index contributed by atoms with van der Waals surface area (Å²) in [6, 6.07) is 2.63. The molecule has 37 heavy (non-hydrogen) atoms. The molecule has 3 heterocycles. The van der Waals surface area contributed by atoms with Crippen molar-refractivity contribution in [2.45, 2.75) is 30.7 Å². The molecule has 206 valence electrons. The summed E-state index contributed by atoms with van der Waals surface area (Å²) in [5, 5.41) is 8.33. The largest absolute Gasteiger partial charge is 0.418 e. The molecule has 0 aliphatic carbocycles. The topological polar surface area (TPSA) is 104 Å². The van der Waals surface area contributed by atoms with Crippen LogP contribution in [0.4, 0.5) is 37.8 Å². The zero-order valence-electron chi connectivity index (χ0n) is 20.4. The van der Waals surface area contributed by atoms with Crippen LogP contribution < -0.4 is 15.4 Å². The minimum Gasteiger partial charge on any atom is -0.355 e. The molecule has 3 rings (SSSR count). The van der Waals surface area contributed by atoms with E-state index in [9.17, 15) is 35.3 Å². The first-order valence-electron chi connectivity index (χ1n) is 11.1. The molecule has 1 aliphatic rings. The SMILES string of the molecule is Cc1c(C(F)(F)F)cnc(N2CCCN(CC(F)(F)F)CC2)c1C(=O)Nc1ccnc(S(C)(C)(N)=O)c1. The maximum Gasteiger partial charge on any atom is 0.418 e. The van der Waals surface area contributed by atoms with Crippen LogP contribution in [0.5, 0.6) is 0 Å². The Balaban J connectivity index is 1.99. The van der Waals surface area contributed by atoms with E-state index in [0.717, 1.165) is 6.92 Å². The number of nitrogens with one attached hydrogen (secondary N) is 1. The Morgan fingerprint density at radius 3 is 2.38 bits per heavy atom. The van der Waals surface area contributed by atoms with Crippen LogP contribution >= 0.6 is 0 Å². The Morgan fingerprint density at radius 1 is 1.11 bits per heavy atom. The van der Waals surface area contributed by atoms with E-state index < -0.39 is 39.6 Å². The van der Waals surface area contributed by atoms with Gasteiger partial charge in [-0.15, -0.1) is 0 Å². The van der Waals surface area contributed by atoms with Gasteiger partial charge in [0.25, 0.3) is 5.91 Å². The molecular formula is C22H28F6N6O2S. The van der Waals surface area contributed by atoms with Gasteiger partial charge in [-0.1, -0.05) is 0 Å². The number of carbonyl (C=O) groups is 1. The molecule has 2 aromatic heterocycles. The lowest BCUT2D eigenvalue weighted by molar-refractivity contribution is -0.145. The van der Waals surface area contributed by atoms with E-state index in [1.54, 1.807) is 0 Å². The van der Waals surface area contributed by atoms with Crippen LogP contribution in [0.3, 0.4) is 0 Å². The van der Waals surface area contributed by atoms with Crippen molar-refractivity contribution in [1.82, 2.24) is 14.9 Å². The van der Waals surface area contributed by atoms with Gasteiger partial charge < -0.3 is 10.2 Å². The highest BCUT2D eigenvalue weighted by Crippen LogP contribution is 2.36. The summed E-state index contributed by atoms with van der Waals surface area (Å²) in [5.74, 6) is -0.995. The fourth-order valence-electron chi connectivity index (χ4n) is 4.00. The van der Waals surface area contributed by atoms with Crippen LogP contribution in [0, 0.1) is 6.92 Å². The molecule has 0 radical (unpaired) electrons. The highest BCUT2D eigenvalue weighted by atomic mass is 32.3. The third kappa shape index (κ3) is 7.38. The van der Waals surface area contributed by atoms with E-state index in [-0.39, 0.29) is 60.3 Å². The number of halogens is 6. The second-order valence-corrected chi connectivity index (χ2v) is 13.7. The smallest absolute Gasteiger partial charge is 0.355 e. The number of alkyl halides is 6. The van der Waals surface area contributed by atoms with Gasteiger partial charge in [0.1, 0.15) is 10.8 Å². The van der Waals surface area contributed by atoms with E-state index in [1.807, 2.05) is 0 Å². The van der Waals surface area contributed by atoms with Crippen molar-refractivity contribution in [2.75, 3.05) is 55.5 Å². The number of hydrogen-bond acceptors (Lipinski definition) is 6. The normalized spacial score (nSPS) is 17.1. The van der Waals surface area contributed by atoms with E-state index in [0.29, 0.717) is 6.20 Å². The number of nitrogens with two attached hydrogens (primary N) is 1. The molecule has 0 atom stereocenters. The fraction of sp³-hybridized carbons (Fsp3) is 0.500. The average molecular weight is 555 g/mol. The van der Waals surface area contributed by atoms with Crippen molar-refractivity contribution in [3.63, 3.8) is 0 Å². The summed E-state index contributed by atoms with van der Waals surface area (Å²) in [6.45, 7) is 0.346. The molecule has 1 saturated heterocycles. The maximum atomic E-state index is 13.6. The summed E-state index contributed by atoms with van der Waals surface area (Å²) < 4.78 is 92.2. The number of carbonyl (C=O) groups excluding carboxylic acids is 1. The van der Waals surface area contributed by atoms with E-state index in [4.69, 9.17) is 5.14 Å². The quantitative estimate of drug-likeness (QED) is 0.549. The van der Waals surface area contributed by atoms with Gasteiger partial charge in [0.2, 0.25) is 0 Å². The van der Waals surface area contributed by atoms with E-state index >= 15 is 0 Å². The molecule has 0 aromatic carbocycles. The number of hydrogen-bond donors (Lipinski definition) is 2. The molecule has 15 heteroatoms. The lowest BCUT2D eigenvalue weighted by Gasteiger charge is -2.28. The number of anilines is 2. The Labute approximate surface area is 209 Å². The molecule has 0 bridgehead atoms. The van der Waals surface area contributed by atoms with Crippen LogP contribution in [0.2, 0.25) is 0 Å². The number of pyridine rings is 2. The molecule has 1 aliphatic heterocycles. The van der Waals surface area contributed by atoms with Gasteiger partial charge in [0.05, 0.1) is 17.7 Å². The summed E-state index contributed by atoms with van der Waals surface area (Å²) in [4.78, 5) is 23.9. The van der Waals surface area contributed by atoms with Crippen molar-refractivity contribution < 1.29 is 35.3 Å². The van der Waals surface area contributed by atoms with Gasteiger partial charge >= 0.3 is 12.4 Å². The Hall–Kier alpha value is -2.78. The highest BCUT2D eigenvalue weighted by molar-refractivity contribution is 8.16. The minimum atomic E-state index is -4.79. The fourth-order valence-corrected chi connectivity index (χ4v) is 4.85. The van der Waals surface area contributed by atoms with Gasteiger partial charge in [0, 0.05) is 56.8 Å². The van der Waals surface area contributed by atoms with Crippen molar-refractivity contribution >= 4 is 26.7 Å². The molecule has 2 aromatic rings. The van der Waals surface area contributed by atoms with Crippen LogP contribution in [-0.2, 0) is 15.4 Å². The Bertz CT molecular complexity index is 1230. The second kappa shape index (κ2) is 9.83. The zero-order valence-corrected chi connectivity index (χ0v) is 21.2. The lowest BCUT2D eigenvalue weighted by Crippen LogP contribution is -2.40. The Morgan fingerprint density at radius 2 is 1.78 bits per heavy atom. The molecular weight excluding hydrogens is 526 g/mol. The zero-order chi connectivity index (χ0) is 27.8. The van der Waals surface area contributed by atoms with Crippen LogP contribution in [0.15, 0.2) is 29.6 Å². The summed E-state index contributed by atoms with van der Waals surface area (Å²) in [6.07, 6.45) is -4.47. The van der Waals surface area contributed by atoms with Crippen LogP contribution in [0.1, 0.15) is 27.9 Å². The summed E-state index contributed by atoms with van der Waals surface area (Å²) in [7, 11) is -3.79. The average Bonchev–Trinajstić information content (AvgIpc) is 2.95. The third-order valence-electron chi connectivity index (χ3n) is 5.76. The first-order chi connectivity index (χ1) is 16.8. The number of nitrogens with zero attached hydrogens (tertiary/aromatic N) is 4. The lowest BCUT2D eigenvalue weighted by atomic mass is 10.0. The third-order valence-corrected chi connectivity index (χ3v) is 7.23. The van der Waals surface area contributed by atoms with Crippen molar-refractivity contribution in [3.8, 4) is 0 Å². The van der Waals surface area contributed by atoms with E-state index in [2.05, 4.69) is 15.3 Å². The van der Waals surface area contributed by atoms with Crippen molar-refractivity contribution in [2.24, 2.45) is 5.14 Å². The van der Waals surface area contributed by atoms with Crippen LogP contribution in [0.25, 0.3) is 0 Å². The molecule has 1 fully saturated rings. The molecule has 0 saturated carbocycles. The Kier molecular flexibility index (Phi) is 7.65. The molecule has 3 N–H and O–H groups in total. The highest BCUT2D eigenvalue weighted by Gasteiger charge is 2.37. The molecule has 1 amide bonds. The number of rotatable bonds is 5. The van der Waals surface area contributed by atoms with Crippen LogP contribution in [-0.4, -0.2) is 76.4 Å².